The highest BCUT2D eigenvalue weighted by atomic mass is 14.7. The quantitative estimate of drug-likeness (QED) is 0.600. The van der Waals surface area contributed by atoms with Crippen molar-refractivity contribution in [2.45, 2.75) is 50.4 Å². The predicted octanol–water partition coefficient (Wildman–Crippen LogP) is 5.63. The molecule has 5 rings (SSSR count). The Morgan fingerprint density at radius 1 is 0.615 bits per heavy atom. The lowest BCUT2D eigenvalue weighted by molar-refractivity contribution is 0.643. The van der Waals surface area contributed by atoms with E-state index in [1.807, 2.05) is 0 Å². The molecular weight excluding hydrogens is 314 g/mol. The first-order valence-corrected chi connectivity index (χ1v) is 9.97. The maximum atomic E-state index is 5.05. The van der Waals surface area contributed by atoms with Gasteiger partial charge in [0, 0.05) is 11.4 Å². The molecule has 130 valence electrons. The molecule has 0 amide bonds. The molecule has 2 aliphatic rings. The van der Waals surface area contributed by atoms with Crippen molar-refractivity contribution in [3.05, 3.63) is 100 Å². The molecule has 0 saturated carbocycles. The summed E-state index contributed by atoms with van der Waals surface area (Å²) in [5.41, 5.74) is 8.69. The van der Waals surface area contributed by atoms with Crippen LogP contribution in [0.4, 0.5) is 0 Å². The molecular formula is C25H25N. The molecule has 2 aromatic carbocycles. The third kappa shape index (κ3) is 2.96. The van der Waals surface area contributed by atoms with Crippen molar-refractivity contribution < 1.29 is 0 Å². The predicted molar refractivity (Wildman–Crippen MR) is 107 cm³/mol. The molecule has 0 radical (unpaired) electrons. The Kier molecular flexibility index (Phi) is 4.09. The summed E-state index contributed by atoms with van der Waals surface area (Å²) in [5.74, 6) is 1.28. The third-order valence-corrected chi connectivity index (χ3v) is 6.29. The summed E-state index contributed by atoms with van der Waals surface area (Å²) in [5, 5.41) is 0. The Labute approximate surface area is 156 Å². The Morgan fingerprint density at radius 2 is 1.12 bits per heavy atom. The highest BCUT2D eigenvalue weighted by Gasteiger charge is 2.24. The molecule has 0 aliphatic heterocycles. The third-order valence-electron chi connectivity index (χ3n) is 6.29. The van der Waals surface area contributed by atoms with Gasteiger partial charge in [0.2, 0.25) is 0 Å². The summed E-state index contributed by atoms with van der Waals surface area (Å²) in [6.45, 7) is 0. The van der Waals surface area contributed by atoms with Gasteiger partial charge in [0.05, 0.1) is 0 Å². The van der Waals surface area contributed by atoms with E-state index in [0.717, 1.165) is 12.8 Å². The summed E-state index contributed by atoms with van der Waals surface area (Å²) in [6, 6.07) is 24.5. The van der Waals surface area contributed by atoms with Crippen molar-refractivity contribution in [2.75, 3.05) is 0 Å². The average Bonchev–Trinajstić information content (AvgIpc) is 3.27. The Balaban J connectivity index is 1.33. The number of hydrogen-bond acceptors (Lipinski definition) is 1. The van der Waals surface area contributed by atoms with Crippen LogP contribution >= 0.6 is 0 Å². The monoisotopic (exact) mass is 339 g/mol. The fourth-order valence-electron chi connectivity index (χ4n) is 4.98. The van der Waals surface area contributed by atoms with Gasteiger partial charge < -0.3 is 0 Å². The lowest BCUT2D eigenvalue weighted by Gasteiger charge is -2.14. The van der Waals surface area contributed by atoms with Crippen LogP contribution < -0.4 is 0 Å². The van der Waals surface area contributed by atoms with E-state index in [0.29, 0.717) is 11.8 Å². The number of hydrogen-bond donors (Lipinski definition) is 0. The van der Waals surface area contributed by atoms with Gasteiger partial charge in [0.25, 0.3) is 0 Å². The molecule has 26 heavy (non-hydrogen) atoms. The number of aryl methyl sites for hydroxylation is 2. The average molecular weight is 339 g/mol. The number of pyridine rings is 1. The number of aromatic nitrogens is 1. The van der Waals surface area contributed by atoms with Crippen LogP contribution in [0.25, 0.3) is 0 Å². The van der Waals surface area contributed by atoms with Crippen LogP contribution in [-0.4, -0.2) is 4.98 Å². The molecule has 1 aromatic heterocycles. The number of benzene rings is 2. The van der Waals surface area contributed by atoms with Crippen molar-refractivity contribution in [2.24, 2.45) is 0 Å². The Hall–Kier alpha value is -2.41. The van der Waals surface area contributed by atoms with Crippen molar-refractivity contribution in [3.63, 3.8) is 0 Å². The first-order valence-electron chi connectivity index (χ1n) is 9.97. The van der Waals surface area contributed by atoms with Gasteiger partial charge in [0.1, 0.15) is 0 Å². The minimum absolute atomic E-state index is 0.640. The van der Waals surface area contributed by atoms with Gasteiger partial charge in [-0.15, -0.1) is 0 Å². The van der Waals surface area contributed by atoms with Gasteiger partial charge in [-0.1, -0.05) is 54.6 Å². The SMILES string of the molecule is c1cc(CC2CCc3ccccc32)nc(CC2CCc3ccccc32)c1. The lowest BCUT2D eigenvalue weighted by Crippen LogP contribution is -2.05. The van der Waals surface area contributed by atoms with E-state index >= 15 is 0 Å². The standard InChI is InChI=1S/C25H25N/c1-3-10-24-18(6-1)12-14-20(24)16-22-8-5-9-23(26-22)17-21-15-13-19-7-2-4-11-25(19)21/h1-11,20-21H,12-17H2. The largest absolute Gasteiger partial charge is 0.258 e. The van der Waals surface area contributed by atoms with E-state index in [2.05, 4.69) is 66.7 Å². The van der Waals surface area contributed by atoms with Crippen molar-refractivity contribution in [3.8, 4) is 0 Å². The fourth-order valence-corrected chi connectivity index (χ4v) is 4.98. The van der Waals surface area contributed by atoms with E-state index in [-0.39, 0.29) is 0 Å². The first kappa shape index (κ1) is 15.8. The second-order valence-electron chi connectivity index (χ2n) is 7.90. The maximum absolute atomic E-state index is 5.05. The van der Waals surface area contributed by atoms with Gasteiger partial charge in [-0.25, -0.2) is 0 Å². The molecule has 2 aliphatic carbocycles. The van der Waals surface area contributed by atoms with Gasteiger partial charge in [0.15, 0.2) is 0 Å². The van der Waals surface area contributed by atoms with Crippen LogP contribution in [0.5, 0.6) is 0 Å². The Bertz CT molecular complexity index is 854. The molecule has 0 N–H and O–H groups in total. The zero-order valence-corrected chi connectivity index (χ0v) is 15.2. The second kappa shape index (κ2) is 6.72. The first-order chi connectivity index (χ1) is 12.9. The molecule has 2 atom stereocenters. The van der Waals surface area contributed by atoms with E-state index < -0.39 is 0 Å². The fraction of sp³-hybridized carbons (Fsp3) is 0.320. The minimum Gasteiger partial charge on any atom is -0.258 e. The molecule has 0 bridgehead atoms. The van der Waals surface area contributed by atoms with Crippen LogP contribution in [0.1, 0.15) is 58.3 Å². The van der Waals surface area contributed by atoms with Gasteiger partial charge >= 0.3 is 0 Å². The molecule has 0 saturated heterocycles. The van der Waals surface area contributed by atoms with Crippen LogP contribution in [0, 0.1) is 0 Å². The maximum Gasteiger partial charge on any atom is 0.0413 e. The Morgan fingerprint density at radius 3 is 1.65 bits per heavy atom. The van der Waals surface area contributed by atoms with Crippen molar-refractivity contribution >= 4 is 0 Å². The highest BCUT2D eigenvalue weighted by molar-refractivity contribution is 5.37. The second-order valence-corrected chi connectivity index (χ2v) is 7.90. The molecule has 1 heteroatoms. The number of nitrogens with zero attached hydrogens (tertiary/aromatic N) is 1. The topological polar surface area (TPSA) is 12.9 Å². The highest BCUT2D eigenvalue weighted by Crippen LogP contribution is 2.36. The van der Waals surface area contributed by atoms with E-state index in [1.165, 1.54) is 48.2 Å². The van der Waals surface area contributed by atoms with Crippen LogP contribution in [0.3, 0.4) is 0 Å². The van der Waals surface area contributed by atoms with E-state index in [9.17, 15) is 0 Å². The van der Waals surface area contributed by atoms with E-state index in [4.69, 9.17) is 4.98 Å². The summed E-state index contributed by atoms with van der Waals surface area (Å²) in [6.07, 6.45) is 7.12. The summed E-state index contributed by atoms with van der Waals surface area (Å²) in [7, 11) is 0. The zero-order valence-electron chi connectivity index (χ0n) is 15.2. The number of fused-ring (bicyclic) bond motifs is 2. The molecule has 2 unspecified atom stereocenters. The van der Waals surface area contributed by atoms with E-state index in [1.54, 1.807) is 11.1 Å². The number of rotatable bonds is 4. The van der Waals surface area contributed by atoms with Gasteiger partial charge in [-0.2, -0.15) is 0 Å². The molecule has 3 aromatic rings. The summed E-state index contributed by atoms with van der Waals surface area (Å²) in [4.78, 5) is 5.05. The van der Waals surface area contributed by atoms with Gasteiger partial charge in [-0.3, -0.25) is 4.98 Å². The smallest absolute Gasteiger partial charge is 0.0413 e. The van der Waals surface area contributed by atoms with Crippen LogP contribution in [0.15, 0.2) is 66.7 Å². The summed E-state index contributed by atoms with van der Waals surface area (Å²) < 4.78 is 0. The molecule has 1 heterocycles. The normalized spacial score (nSPS) is 20.8. The van der Waals surface area contributed by atoms with Crippen LogP contribution in [-0.2, 0) is 25.7 Å². The van der Waals surface area contributed by atoms with Crippen molar-refractivity contribution in [1.82, 2.24) is 4.98 Å². The molecule has 1 nitrogen and oxygen atoms in total. The molecule has 0 fully saturated rings. The van der Waals surface area contributed by atoms with Gasteiger partial charge in [-0.05, 0) is 84.7 Å². The van der Waals surface area contributed by atoms with Crippen LogP contribution in [0.2, 0.25) is 0 Å². The molecule has 0 spiro atoms. The van der Waals surface area contributed by atoms with Crippen molar-refractivity contribution in [1.29, 1.82) is 0 Å². The lowest BCUT2D eigenvalue weighted by atomic mass is 9.94. The zero-order chi connectivity index (χ0) is 17.3. The summed E-state index contributed by atoms with van der Waals surface area (Å²) >= 11 is 0. The minimum atomic E-state index is 0.640.